The van der Waals surface area contributed by atoms with Crippen LogP contribution in [-0.4, -0.2) is 16.9 Å². The van der Waals surface area contributed by atoms with Crippen molar-refractivity contribution in [3.63, 3.8) is 0 Å². The van der Waals surface area contributed by atoms with Crippen LogP contribution in [0.25, 0.3) is 10.1 Å². The molecule has 5 heteroatoms. The molecule has 2 aromatic carbocycles. The van der Waals surface area contributed by atoms with Gasteiger partial charge in [-0.3, -0.25) is 14.8 Å². The molecule has 4 nitrogen and oxygen atoms in total. The van der Waals surface area contributed by atoms with Gasteiger partial charge in [-0.25, -0.2) is 5.48 Å². The Morgan fingerprint density at radius 2 is 1.86 bits per heavy atom. The summed E-state index contributed by atoms with van der Waals surface area (Å²) < 4.78 is 1.13. The Kier molecular flexibility index (Phi) is 5.96. The first-order valence-electron chi connectivity index (χ1n) is 9.34. The summed E-state index contributed by atoms with van der Waals surface area (Å²) in [7, 11) is 0. The maximum absolute atomic E-state index is 12.8. The predicted octanol–water partition coefficient (Wildman–Crippen LogP) is 5.06. The maximum atomic E-state index is 12.8. The summed E-state index contributed by atoms with van der Waals surface area (Å²) in [6.45, 7) is 6.43. The molecule has 3 rings (SSSR count). The summed E-state index contributed by atoms with van der Waals surface area (Å²) in [5, 5.41) is 9.68. The molecular formula is C23H25NO3S. The highest BCUT2D eigenvalue weighted by Crippen LogP contribution is 2.28. The SMILES string of the molecule is CC(C)(C)c1cccc(C(=O)Cc2ccc3sc(CCC(=O)NO)cc3c2)c1. The summed E-state index contributed by atoms with van der Waals surface area (Å²) in [5.74, 6) is -0.276. The van der Waals surface area contributed by atoms with Crippen LogP contribution in [0.1, 0.15) is 53.6 Å². The van der Waals surface area contributed by atoms with Crippen molar-refractivity contribution < 1.29 is 14.8 Å². The number of ketones is 1. The number of amides is 1. The number of benzene rings is 2. The first-order valence-corrected chi connectivity index (χ1v) is 10.2. The van der Waals surface area contributed by atoms with Crippen LogP contribution in [-0.2, 0) is 23.1 Å². The highest BCUT2D eigenvalue weighted by molar-refractivity contribution is 7.19. The van der Waals surface area contributed by atoms with Crippen molar-refractivity contribution in [3.05, 3.63) is 70.1 Å². The van der Waals surface area contributed by atoms with Crippen LogP contribution in [0.2, 0.25) is 0 Å². The van der Waals surface area contributed by atoms with E-state index in [4.69, 9.17) is 5.21 Å². The lowest BCUT2D eigenvalue weighted by Gasteiger charge is -2.19. The Morgan fingerprint density at radius 1 is 1.07 bits per heavy atom. The molecule has 0 fully saturated rings. The third-order valence-corrected chi connectivity index (χ3v) is 5.95. The zero-order chi connectivity index (χ0) is 20.3. The lowest BCUT2D eigenvalue weighted by molar-refractivity contribution is -0.129. The van der Waals surface area contributed by atoms with Gasteiger partial charge in [0, 0.05) is 28.0 Å². The Bertz CT molecular complexity index is 1010. The van der Waals surface area contributed by atoms with E-state index in [0.29, 0.717) is 12.8 Å². The smallest absolute Gasteiger partial charge is 0.243 e. The highest BCUT2D eigenvalue weighted by atomic mass is 32.1. The van der Waals surface area contributed by atoms with Crippen molar-refractivity contribution in [2.24, 2.45) is 0 Å². The van der Waals surface area contributed by atoms with Crippen LogP contribution in [0.15, 0.2) is 48.5 Å². The molecule has 0 aliphatic carbocycles. The van der Waals surface area contributed by atoms with Gasteiger partial charge in [-0.1, -0.05) is 45.0 Å². The van der Waals surface area contributed by atoms with Crippen molar-refractivity contribution in [2.45, 2.75) is 45.4 Å². The second-order valence-corrected chi connectivity index (χ2v) is 9.22. The van der Waals surface area contributed by atoms with Gasteiger partial charge in [0.2, 0.25) is 5.91 Å². The molecule has 1 heterocycles. The summed E-state index contributed by atoms with van der Waals surface area (Å²) >= 11 is 1.63. The first kappa shape index (κ1) is 20.2. The highest BCUT2D eigenvalue weighted by Gasteiger charge is 2.16. The number of rotatable bonds is 6. The van der Waals surface area contributed by atoms with E-state index in [1.54, 1.807) is 16.8 Å². The molecule has 0 bridgehead atoms. The number of Topliss-reactive ketones (excluding diaryl/α,β-unsaturated/α-hetero) is 1. The summed E-state index contributed by atoms with van der Waals surface area (Å²) in [4.78, 5) is 25.1. The topological polar surface area (TPSA) is 66.4 Å². The molecule has 2 N–H and O–H groups in total. The monoisotopic (exact) mass is 395 g/mol. The molecular weight excluding hydrogens is 370 g/mol. The number of thiophene rings is 1. The molecule has 1 aromatic heterocycles. The van der Waals surface area contributed by atoms with Gasteiger partial charge in [0.1, 0.15) is 0 Å². The van der Waals surface area contributed by atoms with E-state index in [0.717, 1.165) is 31.7 Å². The van der Waals surface area contributed by atoms with Crippen LogP contribution in [0, 0.1) is 0 Å². The Labute approximate surface area is 169 Å². The fraction of sp³-hybridized carbons (Fsp3) is 0.304. The van der Waals surface area contributed by atoms with E-state index in [1.165, 1.54) is 0 Å². The van der Waals surface area contributed by atoms with Gasteiger partial charge in [0.25, 0.3) is 0 Å². The number of nitrogens with one attached hydrogen (secondary N) is 1. The lowest BCUT2D eigenvalue weighted by atomic mass is 9.85. The van der Waals surface area contributed by atoms with E-state index < -0.39 is 0 Å². The number of carbonyl (C=O) groups is 2. The average Bonchev–Trinajstić information content (AvgIpc) is 3.07. The van der Waals surface area contributed by atoms with E-state index in [2.05, 4.69) is 32.9 Å². The van der Waals surface area contributed by atoms with Gasteiger partial charge in [-0.2, -0.15) is 0 Å². The molecule has 0 saturated heterocycles. The summed E-state index contributed by atoms with van der Waals surface area (Å²) in [5.41, 5.74) is 4.55. The number of hydrogen-bond donors (Lipinski definition) is 2. The Hall–Kier alpha value is -2.50. The van der Waals surface area contributed by atoms with Gasteiger partial charge >= 0.3 is 0 Å². The van der Waals surface area contributed by atoms with E-state index >= 15 is 0 Å². The third kappa shape index (κ3) is 4.86. The molecule has 0 atom stereocenters. The maximum Gasteiger partial charge on any atom is 0.243 e. The summed E-state index contributed by atoms with van der Waals surface area (Å²) in [6, 6.07) is 16.0. The van der Waals surface area contributed by atoms with Crippen molar-refractivity contribution in [1.82, 2.24) is 5.48 Å². The second kappa shape index (κ2) is 8.25. The van der Waals surface area contributed by atoms with Crippen LogP contribution in [0.3, 0.4) is 0 Å². The normalized spacial score (nSPS) is 11.6. The number of fused-ring (bicyclic) bond motifs is 1. The fourth-order valence-electron chi connectivity index (χ4n) is 3.12. The number of hydroxylamine groups is 1. The molecule has 0 radical (unpaired) electrons. The minimum absolute atomic E-state index is 0.00913. The lowest BCUT2D eigenvalue weighted by Crippen LogP contribution is -2.18. The van der Waals surface area contributed by atoms with Crippen LogP contribution >= 0.6 is 11.3 Å². The minimum Gasteiger partial charge on any atom is -0.294 e. The predicted molar refractivity (Wildman–Crippen MR) is 113 cm³/mol. The van der Waals surface area contributed by atoms with Gasteiger partial charge in [0.15, 0.2) is 5.78 Å². The second-order valence-electron chi connectivity index (χ2n) is 8.05. The zero-order valence-electron chi connectivity index (χ0n) is 16.4. The standard InChI is InChI=1S/C23H25NO3S/c1-23(2,3)18-6-4-5-16(13-18)20(25)12-15-7-9-21-17(11-15)14-19(28-21)8-10-22(26)24-27/h4-7,9,11,13-14,27H,8,10,12H2,1-3H3,(H,24,26). The average molecular weight is 396 g/mol. The van der Waals surface area contributed by atoms with Gasteiger partial charge in [-0.05, 0) is 52.6 Å². The molecule has 0 unspecified atom stereocenters. The molecule has 3 aromatic rings. The molecule has 0 aliphatic heterocycles. The van der Waals surface area contributed by atoms with Crippen molar-refractivity contribution >= 4 is 33.1 Å². The third-order valence-electron chi connectivity index (χ3n) is 4.77. The van der Waals surface area contributed by atoms with Crippen LogP contribution in [0.5, 0.6) is 0 Å². The zero-order valence-corrected chi connectivity index (χ0v) is 17.2. The van der Waals surface area contributed by atoms with Crippen LogP contribution < -0.4 is 5.48 Å². The van der Waals surface area contributed by atoms with Crippen molar-refractivity contribution in [1.29, 1.82) is 0 Å². The Balaban J connectivity index is 1.75. The number of aryl methyl sites for hydroxylation is 1. The summed E-state index contributed by atoms with van der Waals surface area (Å²) in [6.07, 6.45) is 1.19. The molecule has 1 amide bonds. The van der Waals surface area contributed by atoms with Crippen LogP contribution in [0.4, 0.5) is 0 Å². The van der Waals surface area contributed by atoms with Gasteiger partial charge in [0.05, 0.1) is 0 Å². The molecule has 0 saturated carbocycles. The Morgan fingerprint density at radius 3 is 2.57 bits per heavy atom. The number of hydrogen-bond acceptors (Lipinski definition) is 4. The molecule has 0 spiro atoms. The molecule has 146 valence electrons. The minimum atomic E-state index is -0.388. The fourth-order valence-corrected chi connectivity index (χ4v) is 4.16. The van der Waals surface area contributed by atoms with Crippen molar-refractivity contribution in [2.75, 3.05) is 0 Å². The van der Waals surface area contributed by atoms with Gasteiger partial charge < -0.3 is 0 Å². The quantitative estimate of drug-likeness (QED) is 0.348. The first-order chi connectivity index (χ1) is 13.3. The van der Waals surface area contributed by atoms with E-state index in [9.17, 15) is 9.59 Å². The largest absolute Gasteiger partial charge is 0.294 e. The number of carbonyl (C=O) groups excluding carboxylic acids is 2. The van der Waals surface area contributed by atoms with Crippen molar-refractivity contribution in [3.8, 4) is 0 Å². The molecule has 0 aliphatic rings. The van der Waals surface area contributed by atoms with E-state index in [1.807, 2.05) is 36.4 Å². The van der Waals surface area contributed by atoms with E-state index in [-0.39, 0.29) is 23.5 Å². The molecule has 28 heavy (non-hydrogen) atoms. The van der Waals surface area contributed by atoms with Gasteiger partial charge in [-0.15, -0.1) is 11.3 Å².